The van der Waals surface area contributed by atoms with Crippen molar-refractivity contribution in [3.8, 4) is 0 Å². The average molecular weight is 254 g/mol. The Kier molecular flexibility index (Phi) is 4.65. The van der Waals surface area contributed by atoms with Crippen LogP contribution in [0.15, 0.2) is 18.2 Å². The molecule has 0 saturated heterocycles. The smallest absolute Gasteiger partial charge is 0.252 e. The van der Waals surface area contributed by atoms with E-state index in [1.807, 2.05) is 0 Å². The number of nitrogens with zero attached hydrogens (tertiary/aromatic N) is 2. The van der Waals surface area contributed by atoms with Crippen molar-refractivity contribution in [1.29, 1.82) is 0 Å². The number of hydrogen-bond donors (Lipinski definition) is 2. The number of H-pyrrole nitrogens is 2. The van der Waals surface area contributed by atoms with E-state index in [-0.39, 0.29) is 4.77 Å². The lowest BCUT2D eigenvalue weighted by molar-refractivity contribution is 0.623. The van der Waals surface area contributed by atoms with Crippen molar-refractivity contribution < 1.29 is 8.42 Å². The number of aryl methyl sites for hydroxylation is 3. The highest BCUT2D eigenvalue weighted by Crippen LogP contribution is 2.06. The molecule has 0 aliphatic carbocycles. The Morgan fingerprint density at radius 3 is 1.71 bits per heavy atom. The van der Waals surface area contributed by atoms with Crippen LogP contribution in [0.5, 0.6) is 0 Å². The van der Waals surface area contributed by atoms with Gasteiger partial charge in [-0.3, -0.25) is 5.10 Å². The molecule has 0 atom stereocenters. The van der Waals surface area contributed by atoms with Gasteiger partial charge in [0, 0.05) is 0 Å². The number of aromatic nitrogens is 4. The van der Waals surface area contributed by atoms with Crippen LogP contribution >= 0.6 is 0 Å². The first kappa shape index (κ1) is 13.2. The summed E-state index contributed by atoms with van der Waals surface area (Å²) >= 11 is 0. The molecule has 7 heteroatoms. The quantitative estimate of drug-likeness (QED) is 0.690. The molecule has 2 N–H and O–H groups in total. The molecule has 92 valence electrons. The summed E-state index contributed by atoms with van der Waals surface area (Å²) in [6.07, 6.45) is 0. The Hall–Kier alpha value is -1.89. The summed E-state index contributed by atoms with van der Waals surface area (Å²) in [6.45, 7) is 6.38. The lowest BCUT2D eigenvalue weighted by Gasteiger charge is -1.96. The molecule has 0 bridgehead atoms. The minimum absolute atomic E-state index is 0.190. The topological polar surface area (TPSA) is 91.5 Å². The molecule has 17 heavy (non-hydrogen) atoms. The van der Waals surface area contributed by atoms with E-state index in [4.69, 9.17) is 0 Å². The molecule has 1 aromatic carbocycles. The molecular weight excluding hydrogens is 240 g/mol. The molecule has 2 aromatic rings. The van der Waals surface area contributed by atoms with Gasteiger partial charge in [-0.25, -0.2) is 0 Å². The molecular formula is C10H14N4O2S. The van der Waals surface area contributed by atoms with E-state index in [9.17, 15) is 8.42 Å². The zero-order valence-corrected chi connectivity index (χ0v) is 10.7. The molecule has 0 unspecified atom stereocenters. The zero-order valence-electron chi connectivity index (χ0n) is 9.85. The Morgan fingerprint density at radius 2 is 1.47 bits per heavy atom. The molecule has 0 aliphatic heterocycles. The minimum atomic E-state index is -2.31. The first-order valence-electron chi connectivity index (χ1n) is 4.92. The first-order chi connectivity index (χ1) is 7.99. The molecule has 1 heterocycles. The molecule has 0 aliphatic rings. The number of aromatic amines is 2. The lowest BCUT2D eigenvalue weighted by atomic mass is 10.1. The van der Waals surface area contributed by atoms with Gasteiger partial charge in [-0.2, -0.15) is 13.6 Å². The van der Waals surface area contributed by atoms with Crippen molar-refractivity contribution in [2.75, 3.05) is 0 Å². The van der Waals surface area contributed by atoms with Gasteiger partial charge >= 0.3 is 0 Å². The van der Waals surface area contributed by atoms with Crippen molar-refractivity contribution >= 4 is 10.3 Å². The summed E-state index contributed by atoms with van der Waals surface area (Å²) in [5, 5.41) is 10.6. The van der Waals surface area contributed by atoms with Crippen molar-refractivity contribution in [3.05, 3.63) is 39.7 Å². The Labute approximate surface area is 100 Å². The van der Waals surface area contributed by atoms with E-state index in [1.54, 1.807) is 0 Å². The summed E-state index contributed by atoms with van der Waals surface area (Å²) in [5.74, 6) is 0. The van der Waals surface area contributed by atoms with Gasteiger partial charge in [0.25, 0.3) is 15.1 Å². The van der Waals surface area contributed by atoms with Gasteiger partial charge in [-0.1, -0.05) is 45.2 Å². The second-order valence-corrected chi connectivity index (χ2v) is 4.50. The lowest BCUT2D eigenvalue weighted by Crippen LogP contribution is -1.78. The van der Waals surface area contributed by atoms with Crippen LogP contribution in [0.4, 0.5) is 0 Å². The summed E-state index contributed by atoms with van der Waals surface area (Å²) in [4.78, 5) is 0. The van der Waals surface area contributed by atoms with Crippen molar-refractivity contribution in [3.63, 3.8) is 0 Å². The maximum Gasteiger partial charge on any atom is 0.291 e. The van der Waals surface area contributed by atoms with Gasteiger partial charge in [-0.05, 0) is 20.8 Å². The van der Waals surface area contributed by atoms with E-state index in [0.717, 1.165) is 0 Å². The van der Waals surface area contributed by atoms with Gasteiger partial charge in [0.05, 0.1) is 0 Å². The normalized spacial score (nSPS) is 9.35. The van der Waals surface area contributed by atoms with Crippen LogP contribution < -0.4 is 0 Å². The monoisotopic (exact) mass is 254 g/mol. The number of rotatable bonds is 0. The van der Waals surface area contributed by atoms with Crippen LogP contribution in [0.3, 0.4) is 0 Å². The highest BCUT2D eigenvalue weighted by atomic mass is 32.2. The summed E-state index contributed by atoms with van der Waals surface area (Å²) < 4.78 is 19.6. The fourth-order valence-electron chi connectivity index (χ4n) is 1.45. The minimum Gasteiger partial charge on any atom is -0.252 e. The third kappa shape index (κ3) is 4.64. The number of nitrogens with one attached hydrogen (secondary N) is 2. The predicted octanol–water partition coefficient (Wildman–Crippen LogP) is 1.16. The Balaban J connectivity index is 0.000000171. The van der Waals surface area contributed by atoms with Gasteiger partial charge in [0.15, 0.2) is 0 Å². The van der Waals surface area contributed by atoms with Crippen LogP contribution in [0.1, 0.15) is 16.7 Å². The SMILES string of the molecule is Cc1cc(C)cc(C)c1.O=S(=O)=c1nn[nH][nH]1. The van der Waals surface area contributed by atoms with Gasteiger partial charge in [0.2, 0.25) is 0 Å². The van der Waals surface area contributed by atoms with E-state index in [2.05, 4.69) is 59.6 Å². The van der Waals surface area contributed by atoms with E-state index >= 15 is 0 Å². The molecule has 6 nitrogen and oxygen atoms in total. The average Bonchev–Trinajstić information content (AvgIpc) is 2.68. The second kappa shape index (κ2) is 6.00. The third-order valence-corrected chi connectivity index (χ3v) is 2.38. The number of tetrazole rings is 1. The molecule has 0 amide bonds. The molecule has 1 aromatic heterocycles. The Morgan fingerprint density at radius 1 is 1.00 bits per heavy atom. The van der Waals surface area contributed by atoms with Crippen LogP contribution in [-0.2, 0) is 10.3 Å². The fourth-order valence-corrected chi connectivity index (χ4v) is 1.68. The van der Waals surface area contributed by atoms with Crippen molar-refractivity contribution in [1.82, 2.24) is 20.6 Å². The van der Waals surface area contributed by atoms with E-state index < -0.39 is 10.3 Å². The maximum absolute atomic E-state index is 9.91. The molecule has 0 fully saturated rings. The van der Waals surface area contributed by atoms with Crippen LogP contribution in [-0.4, -0.2) is 29.0 Å². The van der Waals surface area contributed by atoms with Gasteiger partial charge in [0.1, 0.15) is 0 Å². The van der Waals surface area contributed by atoms with Gasteiger partial charge in [-0.15, -0.1) is 0 Å². The standard InChI is InChI=1S/C9H12.CH2N4O2S/c1-7-4-8(2)6-9(3)5-7;6-8(7)1-2-4-5-3-1/h4-6H,1-3H3;(H,2,5)(H,3,4). The first-order valence-corrected chi connectivity index (χ1v) is 5.99. The van der Waals surface area contributed by atoms with Crippen LogP contribution in [0.25, 0.3) is 0 Å². The fraction of sp³-hybridized carbons (Fsp3) is 0.300. The summed E-state index contributed by atoms with van der Waals surface area (Å²) in [6, 6.07) is 6.56. The van der Waals surface area contributed by atoms with E-state index in [1.165, 1.54) is 16.7 Å². The third-order valence-electron chi connectivity index (χ3n) is 1.88. The summed E-state index contributed by atoms with van der Waals surface area (Å²) in [7, 11) is -2.31. The second-order valence-electron chi connectivity index (χ2n) is 3.64. The van der Waals surface area contributed by atoms with Crippen LogP contribution in [0.2, 0.25) is 0 Å². The van der Waals surface area contributed by atoms with Crippen LogP contribution in [0, 0.1) is 25.5 Å². The highest BCUT2D eigenvalue weighted by Gasteiger charge is 1.87. The molecule has 0 radical (unpaired) electrons. The van der Waals surface area contributed by atoms with Crippen molar-refractivity contribution in [2.24, 2.45) is 0 Å². The molecule has 0 saturated carbocycles. The molecule has 2 rings (SSSR count). The molecule has 0 spiro atoms. The predicted molar refractivity (Wildman–Crippen MR) is 63.5 cm³/mol. The van der Waals surface area contributed by atoms with E-state index in [0.29, 0.717) is 0 Å². The highest BCUT2D eigenvalue weighted by molar-refractivity contribution is 7.63. The maximum atomic E-state index is 9.91. The van der Waals surface area contributed by atoms with Crippen molar-refractivity contribution in [2.45, 2.75) is 20.8 Å². The zero-order chi connectivity index (χ0) is 12.8. The Bertz CT molecular complexity index is 580. The summed E-state index contributed by atoms with van der Waals surface area (Å²) in [5.41, 5.74) is 4.06. The number of hydrogen-bond acceptors (Lipinski definition) is 4. The number of benzene rings is 1. The van der Waals surface area contributed by atoms with Gasteiger partial charge < -0.3 is 0 Å². The largest absolute Gasteiger partial charge is 0.291 e.